The fourth-order valence-electron chi connectivity index (χ4n) is 5.02. The Balaban J connectivity index is 1.66. The van der Waals surface area contributed by atoms with Crippen LogP contribution in [0.4, 0.5) is 5.69 Å². The average molecular weight is 488 g/mol. The normalized spacial score (nSPS) is 15.1. The van der Waals surface area contributed by atoms with Crippen molar-refractivity contribution in [3.05, 3.63) is 58.7 Å². The molecule has 0 atom stereocenters. The van der Waals surface area contributed by atoms with E-state index in [0.29, 0.717) is 17.8 Å². The smallest absolute Gasteiger partial charge is 0.253 e. The molecular formula is C29H37N5O2. The number of nitrogens with two attached hydrogens (primary N) is 1. The molecule has 0 radical (unpaired) electrons. The van der Waals surface area contributed by atoms with Crippen LogP contribution in [0.25, 0.3) is 17.2 Å². The maximum Gasteiger partial charge on any atom is 0.253 e. The zero-order chi connectivity index (χ0) is 25.7. The minimum absolute atomic E-state index is 0.0366. The minimum atomic E-state index is 0.0366. The third-order valence-corrected chi connectivity index (χ3v) is 6.87. The maximum atomic E-state index is 13.4. The number of aryl methyl sites for hydroxylation is 1. The number of amidine groups is 1. The Morgan fingerprint density at radius 1 is 1.06 bits per heavy atom. The lowest BCUT2D eigenvalue weighted by Gasteiger charge is -2.23. The summed E-state index contributed by atoms with van der Waals surface area (Å²) in [6, 6.07) is 11.9. The Hall–Kier alpha value is -3.45. The molecule has 2 heterocycles. The molecule has 36 heavy (non-hydrogen) atoms. The summed E-state index contributed by atoms with van der Waals surface area (Å²) in [7, 11) is 0. The number of amides is 2. The van der Waals surface area contributed by atoms with Gasteiger partial charge in [-0.1, -0.05) is 26.0 Å². The number of carbonyl (C=O) groups is 2. The molecule has 0 aromatic heterocycles. The molecule has 190 valence electrons. The van der Waals surface area contributed by atoms with Crippen molar-refractivity contribution in [1.29, 1.82) is 0 Å². The molecule has 2 aromatic rings. The van der Waals surface area contributed by atoms with Gasteiger partial charge in [-0.15, -0.1) is 0 Å². The molecule has 1 fully saturated rings. The van der Waals surface area contributed by atoms with Crippen molar-refractivity contribution < 1.29 is 9.59 Å². The van der Waals surface area contributed by atoms with Crippen LogP contribution < -0.4 is 11.3 Å². The molecule has 2 aliphatic heterocycles. The van der Waals surface area contributed by atoms with Gasteiger partial charge in [0.15, 0.2) is 0 Å². The maximum absolute atomic E-state index is 13.4. The molecule has 0 aliphatic carbocycles. The first-order valence-corrected chi connectivity index (χ1v) is 13.0. The lowest BCUT2D eigenvalue weighted by atomic mass is 9.95. The third-order valence-electron chi connectivity index (χ3n) is 6.87. The minimum Gasteiger partial charge on any atom is -0.339 e. The Labute approximate surface area is 214 Å². The quantitative estimate of drug-likeness (QED) is 0.432. The van der Waals surface area contributed by atoms with Crippen molar-refractivity contribution >= 4 is 29.4 Å². The van der Waals surface area contributed by atoms with Gasteiger partial charge in [0.2, 0.25) is 5.91 Å². The average Bonchev–Trinajstić information content (AvgIpc) is 3.36. The second-order valence-electron chi connectivity index (χ2n) is 9.64. The fourth-order valence-corrected chi connectivity index (χ4v) is 5.02. The van der Waals surface area contributed by atoms with E-state index >= 15 is 0 Å². The van der Waals surface area contributed by atoms with E-state index in [1.54, 1.807) is 0 Å². The van der Waals surface area contributed by atoms with Crippen LogP contribution in [0.3, 0.4) is 0 Å². The largest absolute Gasteiger partial charge is 0.339 e. The predicted octanol–water partition coefficient (Wildman–Crippen LogP) is 4.83. The topological polar surface area (TPSA) is 91.0 Å². The number of rotatable bonds is 7. The number of hydrogen-bond acceptors (Lipinski definition) is 5. The Morgan fingerprint density at radius 2 is 1.72 bits per heavy atom. The van der Waals surface area contributed by atoms with Crippen molar-refractivity contribution in [2.75, 3.05) is 26.2 Å². The Morgan fingerprint density at radius 3 is 2.33 bits per heavy atom. The molecule has 0 unspecified atom stereocenters. The first kappa shape index (κ1) is 25.6. The van der Waals surface area contributed by atoms with E-state index in [4.69, 9.17) is 10.8 Å². The number of hydrogen-bond donors (Lipinski definition) is 2. The van der Waals surface area contributed by atoms with E-state index in [9.17, 15) is 9.59 Å². The summed E-state index contributed by atoms with van der Waals surface area (Å²) in [6.07, 6.45) is 6.30. The van der Waals surface area contributed by atoms with Gasteiger partial charge in [-0.2, -0.15) is 0 Å². The van der Waals surface area contributed by atoms with Crippen LogP contribution >= 0.6 is 0 Å². The lowest BCUT2D eigenvalue weighted by molar-refractivity contribution is -0.127. The molecule has 3 N–H and O–H groups in total. The van der Waals surface area contributed by atoms with Crippen molar-refractivity contribution in [2.24, 2.45) is 10.8 Å². The van der Waals surface area contributed by atoms with Gasteiger partial charge in [0.25, 0.3) is 5.91 Å². The van der Waals surface area contributed by atoms with E-state index in [2.05, 4.69) is 32.3 Å². The van der Waals surface area contributed by atoms with E-state index < -0.39 is 0 Å². The summed E-state index contributed by atoms with van der Waals surface area (Å²) in [5.74, 6) is 6.49. The van der Waals surface area contributed by atoms with Crippen LogP contribution in [0.5, 0.6) is 0 Å². The zero-order valence-corrected chi connectivity index (χ0v) is 21.6. The number of carbonyl (C=O) groups excluding carboxylic acids is 2. The van der Waals surface area contributed by atoms with Gasteiger partial charge in [0, 0.05) is 49.3 Å². The number of nitrogens with one attached hydrogen (secondary N) is 1. The first-order chi connectivity index (χ1) is 17.4. The zero-order valence-electron chi connectivity index (χ0n) is 21.6. The summed E-state index contributed by atoms with van der Waals surface area (Å²) in [5.41, 5.74) is 8.89. The van der Waals surface area contributed by atoms with Gasteiger partial charge in [-0.05, 0) is 79.6 Å². The van der Waals surface area contributed by atoms with Gasteiger partial charge >= 0.3 is 0 Å². The molecule has 0 bridgehead atoms. The molecule has 4 rings (SSSR count). The van der Waals surface area contributed by atoms with Crippen molar-refractivity contribution in [3.8, 4) is 11.1 Å². The van der Waals surface area contributed by atoms with Gasteiger partial charge in [0.1, 0.15) is 5.84 Å². The third kappa shape index (κ3) is 5.51. The molecule has 7 nitrogen and oxygen atoms in total. The first-order valence-electron chi connectivity index (χ1n) is 13.0. The second kappa shape index (κ2) is 11.5. The molecule has 1 saturated heterocycles. The van der Waals surface area contributed by atoms with Gasteiger partial charge in [-0.3, -0.25) is 9.59 Å². The van der Waals surface area contributed by atoms with Crippen LogP contribution in [0.1, 0.15) is 67.4 Å². The Bertz CT molecular complexity index is 1170. The van der Waals surface area contributed by atoms with E-state index in [-0.39, 0.29) is 11.8 Å². The number of aliphatic imine (C=N–C) groups is 1. The van der Waals surface area contributed by atoms with Crippen molar-refractivity contribution in [2.45, 2.75) is 52.9 Å². The Kier molecular flexibility index (Phi) is 8.21. The monoisotopic (exact) mass is 487 g/mol. The van der Waals surface area contributed by atoms with Crippen LogP contribution in [0.15, 0.2) is 47.0 Å². The van der Waals surface area contributed by atoms with E-state index in [0.717, 1.165) is 85.4 Å². The van der Waals surface area contributed by atoms with Crippen LogP contribution in [0.2, 0.25) is 0 Å². The number of hydrazine groups is 1. The van der Waals surface area contributed by atoms with Crippen LogP contribution in [-0.2, 0) is 4.79 Å². The standard InChI is InChI=1S/C29H37N5O2/c1-4-12-33(13-5-2)29(36)24-17-23-16-20(3)25(19-26(23)31-27(18-24)32-30)21-8-10-22(11-9-21)28(35)34-14-6-7-15-34/h8-11,16-17,19H,4-7,12-15,18,30H2,1-3H3,(H,31,32). The number of benzene rings is 2. The molecule has 2 aromatic carbocycles. The van der Waals surface area contributed by atoms with Gasteiger partial charge in [0.05, 0.1) is 5.69 Å². The number of likely N-dealkylation sites (tertiary alicyclic amines) is 1. The highest BCUT2D eigenvalue weighted by Crippen LogP contribution is 2.35. The van der Waals surface area contributed by atoms with E-state index in [1.165, 1.54) is 0 Å². The molecule has 0 spiro atoms. The second-order valence-corrected chi connectivity index (χ2v) is 9.64. The number of fused-ring (bicyclic) bond motifs is 1. The SMILES string of the molecule is CCCN(CCC)C(=O)C1=Cc2cc(C)c(-c3ccc(C(=O)N4CCCC4)cc3)cc2N=C(NN)C1. The van der Waals surface area contributed by atoms with E-state index in [1.807, 2.05) is 46.2 Å². The van der Waals surface area contributed by atoms with Gasteiger partial charge in [-0.25, -0.2) is 10.8 Å². The van der Waals surface area contributed by atoms with Crippen LogP contribution in [0, 0.1) is 6.92 Å². The molecule has 7 heteroatoms. The van der Waals surface area contributed by atoms with Gasteiger partial charge < -0.3 is 15.2 Å². The highest BCUT2D eigenvalue weighted by Gasteiger charge is 2.23. The van der Waals surface area contributed by atoms with Crippen LogP contribution in [-0.4, -0.2) is 53.6 Å². The summed E-state index contributed by atoms with van der Waals surface area (Å²) >= 11 is 0. The predicted molar refractivity (Wildman–Crippen MR) is 146 cm³/mol. The molecule has 2 aliphatic rings. The summed E-state index contributed by atoms with van der Waals surface area (Å²) in [4.78, 5) is 34.7. The lowest BCUT2D eigenvalue weighted by Crippen LogP contribution is -2.36. The summed E-state index contributed by atoms with van der Waals surface area (Å²) in [5, 5.41) is 0. The highest BCUT2D eigenvalue weighted by atomic mass is 16.2. The van der Waals surface area contributed by atoms with Crippen molar-refractivity contribution in [1.82, 2.24) is 15.2 Å². The molecule has 2 amide bonds. The fraction of sp³-hybridized carbons (Fsp3) is 0.414. The summed E-state index contributed by atoms with van der Waals surface area (Å²) in [6.45, 7) is 9.37. The molecular weight excluding hydrogens is 450 g/mol. The summed E-state index contributed by atoms with van der Waals surface area (Å²) < 4.78 is 0. The molecule has 0 saturated carbocycles. The van der Waals surface area contributed by atoms with Crippen molar-refractivity contribution in [3.63, 3.8) is 0 Å². The highest BCUT2D eigenvalue weighted by molar-refractivity contribution is 6.06. The number of nitrogens with zero attached hydrogens (tertiary/aromatic N) is 3.